The summed E-state index contributed by atoms with van der Waals surface area (Å²) in [5, 5.41) is 14.3. The van der Waals surface area contributed by atoms with Gasteiger partial charge in [0, 0.05) is 24.7 Å². The standard InChI is InChI=1S/C13H9N3O5S2/c1-16(13(20)15-12-14-2-3-22-12)9-5-7-8(23-9)4-6(10(17)18)11(19)21-7/h2-5H,1H3,(H,17,18)(H,14,15,20). The molecule has 10 heteroatoms. The van der Waals surface area contributed by atoms with Crippen LogP contribution in [-0.2, 0) is 0 Å². The second-order valence-electron chi connectivity index (χ2n) is 4.39. The first-order valence-electron chi connectivity index (χ1n) is 6.21. The minimum atomic E-state index is -1.36. The third kappa shape index (κ3) is 2.94. The van der Waals surface area contributed by atoms with Crippen molar-refractivity contribution in [2.24, 2.45) is 0 Å². The summed E-state index contributed by atoms with van der Waals surface area (Å²) in [7, 11) is 1.55. The number of urea groups is 1. The van der Waals surface area contributed by atoms with E-state index in [0.717, 1.165) is 11.3 Å². The fourth-order valence-corrected chi connectivity index (χ4v) is 3.28. The van der Waals surface area contributed by atoms with Gasteiger partial charge in [-0.3, -0.25) is 10.2 Å². The summed E-state index contributed by atoms with van der Waals surface area (Å²) >= 11 is 2.42. The van der Waals surface area contributed by atoms with Crippen LogP contribution in [0.5, 0.6) is 0 Å². The van der Waals surface area contributed by atoms with Crippen LogP contribution in [0.2, 0.25) is 0 Å². The van der Waals surface area contributed by atoms with Crippen LogP contribution in [0, 0.1) is 0 Å². The summed E-state index contributed by atoms with van der Waals surface area (Å²) in [6.45, 7) is 0. The first-order chi connectivity index (χ1) is 11.0. The van der Waals surface area contributed by atoms with Gasteiger partial charge in [-0.2, -0.15) is 0 Å². The predicted molar refractivity (Wildman–Crippen MR) is 86.9 cm³/mol. The van der Waals surface area contributed by atoms with Crippen molar-refractivity contribution in [3.8, 4) is 0 Å². The lowest BCUT2D eigenvalue weighted by atomic mass is 10.3. The highest BCUT2D eigenvalue weighted by molar-refractivity contribution is 7.22. The van der Waals surface area contributed by atoms with Crippen LogP contribution in [0.25, 0.3) is 10.3 Å². The number of aromatic nitrogens is 1. The Bertz CT molecular complexity index is 944. The van der Waals surface area contributed by atoms with Gasteiger partial charge in [-0.15, -0.1) is 22.7 Å². The van der Waals surface area contributed by atoms with Crippen LogP contribution in [-0.4, -0.2) is 29.1 Å². The highest BCUT2D eigenvalue weighted by Gasteiger charge is 2.18. The van der Waals surface area contributed by atoms with Crippen molar-refractivity contribution in [2.75, 3.05) is 17.3 Å². The number of hydrogen-bond donors (Lipinski definition) is 2. The molecule has 2 amide bonds. The average molecular weight is 351 g/mol. The van der Waals surface area contributed by atoms with Gasteiger partial charge in [0.1, 0.15) is 10.6 Å². The molecule has 0 unspecified atom stereocenters. The number of carboxylic acids is 1. The van der Waals surface area contributed by atoms with Crippen LogP contribution < -0.4 is 15.8 Å². The van der Waals surface area contributed by atoms with E-state index >= 15 is 0 Å². The van der Waals surface area contributed by atoms with Gasteiger partial charge < -0.3 is 9.52 Å². The Hall–Kier alpha value is -2.72. The SMILES string of the molecule is CN(C(=O)Nc1nccs1)c1cc2oc(=O)c(C(=O)O)cc2s1. The lowest BCUT2D eigenvalue weighted by Gasteiger charge is -2.14. The summed E-state index contributed by atoms with van der Waals surface area (Å²) in [5.41, 5.74) is -1.14. The average Bonchev–Trinajstić information content (AvgIpc) is 3.14. The molecule has 0 atom stereocenters. The number of carboxylic acid groups (broad SMARTS) is 1. The minimum Gasteiger partial charge on any atom is -0.477 e. The van der Waals surface area contributed by atoms with Gasteiger partial charge in [-0.05, 0) is 6.07 Å². The van der Waals surface area contributed by atoms with E-state index in [-0.39, 0.29) is 5.58 Å². The lowest BCUT2D eigenvalue weighted by Crippen LogP contribution is -2.30. The van der Waals surface area contributed by atoms with Gasteiger partial charge >= 0.3 is 17.6 Å². The molecule has 8 nitrogen and oxygen atoms in total. The number of fused-ring (bicyclic) bond motifs is 1. The topological polar surface area (TPSA) is 113 Å². The summed E-state index contributed by atoms with van der Waals surface area (Å²) in [4.78, 5) is 39.9. The fourth-order valence-electron chi connectivity index (χ4n) is 1.78. The number of anilines is 2. The van der Waals surface area contributed by atoms with Crippen LogP contribution in [0.15, 0.2) is 32.9 Å². The number of rotatable bonds is 3. The Morgan fingerprint density at radius 1 is 1.39 bits per heavy atom. The quantitative estimate of drug-likeness (QED) is 0.750. The van der Waals surface area contributed by atoms with Crippen LogP contribution in [0.3, 0.4) is 0 Å². The summed E-state index contributed by atoms with van der Waals surface area (Å²) in [6.07, 6.45) is 1.57. The molecular formula is C13H9N3O5S2. The molecule has 0 aliphatic carbocycles. The number of thiophene rings is 1. The van der Waals surface area contributed by atoms with Crippen LogP contribution >= 0.6 is 22.7 Å². The number of nitrogens with zero attached hydrogens (tertiary/aromatic N) is 2. The molecule has 0 radical (unpaired) electrons. The first kappa shape index (κ1) is 15.2. The van der Waals surface area contributed by atoms with E-state index in [0.29, 0.717) is 14.8 Å². The van der Waals surface area contributed by atoms with Crippen molar-refractivity contribution in [3.63, 3.8) is 0 Å². The van der Waals surface area contributed by atoms with Crippen molar-refractivity contribution in [2.45, 2.75) is 0 Å². The zero-order valence-corrected chi connectivity index (χ0v) is 13.2. The predicted octanol–water partition coefficient (Wildman–Crippen LogP) is 2.68. The molecule has 0 bridgehead atoms. The molecule has 0 aromatic carbocycles. The molecule has 118 valence electrons. The van der Waals surface area contributed by atoms with Gasteiger partial charge in [0.25, 0.3) is 0 Å². The zero-order valence-electron chi connectivity index (χ0n) is 11.6. The highest BCUT2D eigenvalue weighted by atomic mass is 32.1. The maximum Gasteiger partial charge on any atom is 0.351 e. The molecule has 0 saturated heterocycles. The number of carbonyl (C=O) groups is 2. The molecule has 3 aromatic rings. The Labute approximate surface area is 136 Å². The Balaban J connectivity index is 1.92. The van der Waals surface area contributed by atoms with Gasteiger partial charge in [-0.25, -0.2) is 19.4 Å². The number of amides is 2. The molecule has 2 N–H and O–H groups in total. The van der Waals surface area contributed by atoms with Gasteiger partial charge in [-0.1, -0.05) is 0 Å². The van der Waals surface area contributed by atoms with E-state index < -0.39 is 23.2 Å². The molecule has 0 aliphatic rings. The van der Waals surface area contributed by atoms with Crippen molar-refractivity contribution in [1.29, 1.82) is 0 Å². The number of carbonyl (C=O) groups excluding carboxylic acids is 1. The molecule has 3 rings (SSSR count). The lowest BCUT2D eigenvalue weighted by molar-refractivity contribution is 0.0692. The Morgan fingerprint density at radius 2 is 2.17 bits per heavy atom. The molecule has 3 heterocycles. The molecule has 3 aromatic heterocycles. The molecule has 23 heavy (non-hydrogen) atoms. The van der Waals surface area contributed by atoms with Gasteiger partial charge in [0.15, 0.2) is 10.7 Å². The third-order valence-electron chi connectivity index (χ3n) is 2.92. The van der Waals surface area contributed by atoms with E-state index in [2.05, 4.69) is 10.3 Å². The molecule has 0 saturated carbocycles. The van der Waals surface area contributed by atoms with Crippen molar-refractivity contribution in [1.82, 2.24) is 4.98 Å². The summed E-state index contributed by atoms with van der Waals surface area (Å²) < 4.78 is 5.44. The minimum absolute atomic E-state index is 0.230. The number of aromatic carboxylic acids is 1. The van der Waals surface area contributed by atoms with E-state index in [1.54, 1.807) is 18.6 Å². The van der Waals surface area contributed by atoms with E-state index in [9.17, 15) is 14.4 Å². The maximum atomic E-state index is 12.1. The van der Waals surface area contributed by atoms with Gasteiger partial charge in [0.2, 0.25) is 0 Å². The fraction of sp³-hybridized carbons (Fsp3) is 0.0769. The van der Waals surface area contributed by atoms with E-state index in [4.69, 9.17) is 9.52 Å². The Kier molecular flexibility index (Phi) is 3.84. The molecule has 0 spiro atoms. The van der Waals surface area contributed by atoms with Crippen LogP contribution in [0.1, 0.15) is 10.4 Å². The van der Waals surface area contributed by atoms with E-state index in [1.807, 2.05) is 0 Å². The first-order valence-corrected chi connectivity index (χ1v) is 7.90. The molecule has 0 fully saturated rings. The largest absolute Gasteiger partial charge is 0.477 e. The highest BCUT2D eigenvalue weighted by Crippen LogP contribution is 2.32. The van der Waals surface area contributed by atoms with E-state index in [1.165, 1.54) is 28.4 Å². The molecular weight excluding hydrogens is 342 g/mol. The second kappa shape index (κ2) is 5.82. The monoisotopic (exact) mass is 351 g/mol. The normalized spacial score (nSPS) is 10.7. The number of hydrogen-bond acceptors (Lipinski definition) is 7. The maximum absolute atomic E-state index is 12.1. The van der Waals surface area contributed by atoms with Crippen molar-refractivity contribution in [3.05, 3.63) is 39.7 Å². The zero-order chi connectivity index (χ0) is 16.6. The van der Waals surface area contributed by atoms with Crippen LogP contribution in [0.4, 0.5) is 14.9 Å². The molecule has 0 aliphatic heterocycles. The number of thiazole rings is 1. The van der Waals surface area contributed by atoms with Crippen molar-refractivity contribution >= 4 is 55.1 Å². The summed E-state index contributed by atoms with van der Waals surface area (Å²) in [6, 6.07) is 2.34. The third-order valence-corrected chi connectivity index (χ3v) is 4.75. The Morgan fingerprint density at radius 3 is 2.83 bits per heavy atom. The smallest absolute Gasteiger partial charge is 0.351 e. The van der Waals surface area contributed by atoms with Crippen molar-refractivity contribution < 1.29 is 19.1 Å². The van der Waals surface area contributed by atoms with Gasteiger partial charge in [0.05, 0.1) is 4.70 Å². The number of nitrogens with one attached hydrogen (secondary N) is 1. The summed E-state index contributed by atoms with van der Waals surface area (Å²) in [5.74, 6) is -1.36. The second-order valence-corrected chi connectivity index (χ2v) is 6.35.